The maximum atomic E-state index is 12.7. The van der Waals surface area contributed by atoms with Crippen LogP contribution in [0, 0.1) is 10.1 Å². The van der Waals surface area contributed by atoms with Gasteiger partial charge in [-0.05, 0) is 30.3 Å². The second-order valence-corrected chi connectivity index (χ2v) is 6.43. The van der Waals surface area contributed by atoms with Crippen LogP contribution >= 0.6 is 11.3 Å². The Labute approximate surface area is 158 Å². The van der Waals surface area contributed by atoms with Gasteiger partial charge in [-0.25, -0.2) is 4.79 Å². The van der Waals surface area contributed by atoms with Crippen LogP contribution < -0.4 is 4.90 Å². The van der Waals surface area contributed by atoms with E-state index in [4.69, 9.17) is 4.74 Å². The molecule has 0 bridgehead atoms. The third kappa shape index (κ3) is 4.36. The van der Waals surface area contributed by atoms with Crippen molar-refractivity contribution < 1.29 is 19.2 Å². The fourth-order valence-corrected chi connectivity index (χ4v) is 3.10. The summed E-state index contributed by atoms with van der Waals surface area (Å²) in [6.45, 7) is -0.492. The van der Waals surface area contributed by atoms with Crippen molar-refractivity contribution in [2.24, 2.45) is 0 Å². The van der Waals surface area contributed by atoms with Crippen LogP contribution in [0.3, 0.4) is 0 Å². The first-order chi connectivity index (χ1) is 13.1. The monoisotopic (exact) mass is 382 g/mol. The second kappa shape index (κ2) is 8.24. The standard InChI is InChI=1S/C19H14N2O5S/c22-17(13-26-19(23)16-11-12-18(27-16)21(24)25)20(14-7-3-1-4-8-14)15-9-5-2-6-10-15/h1-12H,13H2. The number of benzene rings is 2. The van der Waals surface area contributed by atoms with Crippen molar-refractivity contribution in [1.29, 1.82) is 0 Å². The summed E-state index contributed by atoms with van der Waals surface area (Å²) in [4.78, 5) is 36.5. The van der Waals surface area contributed by atoms with Gasteiger partial charge in [0, 0.05) is 17.4 Å². The number of nitro groups is 1. The van der Waals surface area contributed by atoms with Crippen LogP contribution in [0.2, 0.25) is 0 Å². The average molecular weight is 382 g/mol. The first-order valence-electron chi connectivity index (χ1n) is 7.90. The lowest BCUT2D eigenvalue weighted by molar-refractivity contribution is -0.380. The van der Waals surface area contributed by atoms with E-state index < -0.39 is 23.4 Å². The number of carbonyl (C=O) groups is 2. The molecule has 27 heavy (non-hydrogen) atoms. The van der Waals surface area contributed by atoms with Gasteiger partial charge in [-0.3, -0.25) is 19.8 Å². The molecule has 1 aromatic heterocycles. The molecule has 0 fully saturated rings. The van der Waals surface area contributed by atoms with Crippen molar-refractivity contribution >= 4 is 39.6 Å². The first-order valence-corrected chi connectivity index (χ1v) is 8.72. The Morgan fingerprint density at radius 3 is 1.96 bits per heavy atom. The van der Waals surface area contributed by atoms with Crippen molar-refractivity contribution in [2.75, 3.05) is 11.5 Å². The number of nitrogens with zero attached hydrogens (tertiary/aromatic N) is 2. The van der Waals surface area contributed by atoms with E-state index in [0.717, 1.165) is 0 Å². The van der Waals surface area contributed by atoms with Crippen LogP contribution in [0.15, 0.2) is 72.8 Å². The van der Waals surface area contributed by atoms with E-state index in [1.54, 1.807) is 48.5 Å². The van der Waals surface area contributed by atoms with Crippen LogP contribution in [0.5, 0.6) is 0 Å². The fraction of sp³-hybridized carbons (Fsp3) is 0.0526. The Kier molecular flexibility index (Phi) is 5.58. The topological polar surface area (TPSA) is 89.8 Å². The number of esters is 1. The Balaban J connectivity index is 1.75. The third-order valence-electron chi connectivity index (χ3n) is 3.58. The third-order valence-corrected chi connectivity index (χ3v) is 4.59. The molecular formula is C19H14N2O5S. The van der Waals surface area contributed by atoms with E-state index in [2.05, 4.69) is 0 Å². The van der Waals surface area contributed by atoms with E-state index in [-0.39, 0.29) is 9.88 Å². The number of hydrogen-bond donors (Lipinski definition) is 0. The minimum atomic E-state index is -0.775. The molecule has 8 heteroatoms. The van der Waals surface area contributed by atoms with Gasteiger partial charge in [0.15, 0.2) is 6.61 Å². The number of ether oxygens (including phenoxy) is 1. The fourth-order valence-electron chi connectivity index (χ4n) is 2.39. The zero-order valence-electron chi connectivity index (χ0n) is 14.0. The van der Waals surface area contributed by atoms with Gasteiger partial charge in [-0.15, -0.1) is 0 Å². The highest BCUT2D eigenvalue weighted by Gasteiger charge is 2.21. The highest BCUT2D eigenvalue weighted by molar-refractivity contribution is 7.17. The molecule has 0 atom stereocenters. The predicted octanol–water partition coefficient (Wildman–Crippen LogP) is 4.18. The minimum Gasteiger partial charge on any atom is -0.451 e. The van der Waals surface area contributed by atoms with Crippen molar-refractivity contribution in [3.05, 3.63) is 87.8 Å². The Morgan fingerprint density at radius 1 is 0.926 bits per heavy atom. The smallest absolute Gasteiger partial charge is 0.349 e. The molecule has 0 aliphatic rings. The quantitative estimate of drug-likeness (QED) is 0.362. The van der Waals surface area contributed by atoms with Gasteiger partial charge in [0.25, 0.3) is 5.91 Å². The molecule has 0 radical (unpaired) electrons. The number of hydrogen-bond acceptors (Lipinski definition) is 6. The molecule has 3 aromatic rings. The molecule has 0 aliphatic carbocycles. The van der Waals surface area contributed by atoms with Gasteiger partial charge in [-0.2, -0.15) is 0 Å². The van der Waals surface area contributed by atoms with E-state index in [0.29, 0.717) is 22.7 Å². The summed E-state index contributed by atoms with van der Waals surface area (Å²) < 4.78 is 5.06. The minimum absolute atomic E-state index is 0.0699. The van der Waals surface area contributed by atoms with Crippen LogP contribution in [-0.4, -0.2) is 23.4 Å². The highest BCUT2D eigenvalue weighted by atomic mass is 32.1. The van der Waals surface area contributed by atoms with Crippen LogP contribution in [-0.2, 0) is 9.53 Å². The van der Waals surface area contributed by atoms with Gasteiger partial charge in [0.05, 0.1) is 4.92 Å². The van der Waals surface area contributed by atoms with E-state index in [1.807, 2.05) is 12.1 Å². The Hall–Kier alpha value is -3.52. The maximum absolute atomic E-state index is 12.7. The Morgan fingerprint density at radius 2 is 1.48 bits per heavy atom. The molecule has 7 nitrogen and oxygen atoms in total. The highest BCUT2D eigenvalue weighted by Crippen LogP contribution is 2.26. The zero-order chi connectivity index (χ0) is 19.2. The SMILES string of the molecule is O=C(OCC(=O)N(c1ccccc1)c1ccccc1)c1ccc([N+](=O)[O-])s1. The zero-order valence-corrected chi connectivity index (χ0v) is 14.8. The largest absolute Gasteiger partial charge is 0.451 e. The predicted molar refractivity (Wildman–Crippen MR) is 101 cm³/mol. The number of carbonyl (C=O) groups excluding carboxylic acids is 2. The lowest BCUT2D eigenvalue weighted by atomic mass is 10.2. The van der Waals surface area contributed by atoms with Gasteiger partial charge in [0.2, 0.25) is 0 Å². The summed E-state index contributed by atoms with van der Waals surface area (Å²) in [5.74, 6) is -1.21. The number of para-hydroxylation sites is 2. The van der Waals surface area contributed by atoms with Crippen molar-refractivity contribution in [3.8, 4) is 0 Å². The average Bonchev–Trinajstić information content (AvgIpc) is 3.19. The normalized spacial score (nSPS) is 10.2. The molecule has 1 amide bonds. The number of amides is 1. The molecule has 0 aliphatic heterocycles. The number of rotatable bonds is 6. The van der Waals surface area contributed by atoms with Gasteiger partial charge in [0.1, 0.15) is 4.88 Å². The van der Waals surface area contributed by atoms with E-state index >= 15 is 0 Å². The van der Waals surface area contributed by atoms with Crippen molar-refractivity contribution in [2.45, 2.75) is 0 Å². The summed E-state index contributed by atoms with van der Waals surface area (Å²) in [6.07, 6.45) is 0. The molecule has 0 saturated heterocycles. The van der Waals surface area contributed by atoms with Crippen LogP contribution in [0.4, 0.5) is 16.4 Å². The summed E-state index contributed by atoms with van der Waals surface area (Å²) in [7, 11) is 0. The number of thiophene rings is 1. The Bertz CT molecular complexity index is 917. The summed E-state index contributed by atoms with van der Waals surface area (Å²) in [5.41, 5.74) is 1.27. The molecule has 0 unspecified atom stereocenters. The van der Waals surface area contributed by atoms with E-state index in [1.165, 1.54) is 17.0 Å². The molecule has 0 spiro atoms. The maximum Gasteiger partial charge on any atom is 0.349 e. The molecular weight excluding hydrogens is 368 g/mol. The van der Waals surface area contributed by atoms with Crippen LogP contribution in [0.1, 0.15) is 9.67 Å². The molecule has 3 rings (SSSR count). The summed E-state index contributed by atoms with van der Waals surface area (Å²) >= 11 is 0.703. The molecule has 0 saturated carbocycles. The van der Waals surface area contributed by atoms with Crippen molar-refractivity contribution in [1.82, 2.24) is 0 Å². The van der Waals surface area contributed by atoms with Crippen LogP contribution in [0.25, 0.3) is 0 Å². The van der Waals surface area contributed by atoms with Gasteiger partial charge >= 0.3 is 11.0 Å². The van der Waals surface area contributed by atoms with Gasteiger partial charge in [-0.1, -0.05) is 47.7 Å². The molecule has 136 valence electrons. The summed E-state index contributed by atoms with van der Waals surface area (Å²) in [6, 6.07) is 20.5. The molecule has 1 heterocycles. The summed E-state index contributed by atoms with van der Waals surface area (Å²) in [5, 5.41) is 10.5. The van der Waals surface area contributed by atoms with Gasteiger partial charge < -0.3 is 4.74 Å². The lowest BCUT2D eigenvalue weighted by Gasteiger charge is -2.22. The first kappa shape index (κ1) is 18.3. The second-order valence-electron chi connectivity index (χ2n) is 5.37. The molecule has 2 aromatic carbocycles. The van der Waals surface area contributed by atoms with E-state index in [9.17, 15) is 19.7 Å². The number of anilines is 2. The molecule has 0 N–H and O–H groups in total. The lowest BCUT2D eigenvalue weighted by Crippen LogP contribution is -2.30. The van der Waals surface area contributed by atoms with Crippen molar-refractivity contribution in [3.63, 3.8) is 0 Å².